The molecule has 0 fully saturated rings. The van der Waals surface area contributed by atoms with Gasteiger partial charge in [-0.2, -0.15) is 0 Å². The van der Waals surface area contributed by atoms with Crippen LogP contribution in [-0.2, 0) is 9.54 Å². The Kier molecular flexibility index (Phi) is 4.07. The standard InChI is InChI=1S/C22H14BrFN2OS/c23-14-8-9-18-20(11-14)28-22(16-6-1-2-7-17(16)26-21(22)27)12-19(25-18)13-4-3-5-15(24)10-13/h1-12,25H,(H,26,27). The van der Waals surface area contributed by atoms with E-state index in [4.69, 9.17) is 0 Å². The molecule has 3 aromatic rings. The minimum absolute atomic E-state index is 0.109. The lowest BCUT2D eigenvalue weighted by Crippen LogP contribution is -2.29. The molecule has 1 unspecified atom stereocenters. The number of para-hydroxylation sites is 1. The highest BCUT2D eigenvalue weighted by Gasteiger charge is 2.48. The van der Waals surface area contributed by atoms with E-state index in [1.165, 1.54) is 23.9 Å². The van der Waals surface area contributed by atoms with Crippen LogP contribution in [0.2, 0.25) is 0 Å². The van der Waals surface area contributed by atoms with Crippen LogP contribution in [0.4, 0.5) is 15.8 Å². The maximum atomic E-state index is 13.9. The van der Waals surface area contributed by atoms with Gasteiger partial charge in [0.2, 0.25) is 5.91 Å². The Morgan fingerprint density at radius 1 is 0.929 bits per heavy atom. The molecular weight excluding hydrogens is 439 g/mol. The smallest absolute Gasteiger partial charge is 0.249 e. The molecule has 0 saturated heterocycles. The summed E-state index contributed by atoms with van der Waals surface area (Å²) >= 11 is 5.00. The highest BCUT2D eigenvalue weighted by Crippen LogP contribution is 2.54. The molecule has 1 spiro atoms. The van der Waals surface area contributed by atoms with Crippen molar-refractivity contribution in [1.82, 2.24) is 0 Å². The number of nitrogens with one attached hydrogen (secondary N) is 2. The van der Waals surface area contributed by atoms with Gasteiger partial charge in [-0.05, 0) is 42.5 Å². The fraction of sp³-hybridized carbons (Fsp3) is 0.0455. The third-order valence-electron chi connectivity index (χ3n) is 4.88. The van der Waals surface area contributed by atoms with Gasteiger partial charge in [0, 0.05) is 31.9 Å². The van der Waals surface area contributed by atoms with E-state index in [0.29, 0.717) is 11.3 Å². The Hall–Kier alpha value is -2.57. The SMILES string of the molecule is O=C1Nc2ccccc2C12C=C(c1cccc(F)c1)Nc1ccc(Br)cc1S2. The molecule has 0 aliphatic carbocycles. The van der Waals surface area contributed by atoms with Crippen molar-refractivity contribution in [2.75, 3.05) is 10.6 Å². The fourth-order valence-electron chi connectivity index (χ4n) is 3.58. The van der Waals surface area contributed by atoms with Crippen LogP contribution < -0.4 is 10.6 Å². The van der Waals surface area contributed by atoms with Crippen LogP contribution in [0.3, 0.4) is 0 Å². The van der Waals surface area contributed by atoms with Crippen LogP contribution in [0.15, 0.2) is 82.2 Å². The highest BCUT2D eigenvalue weighted by atomic mass is 79.9. The van der Waals surface area contributed by atoms with Gasteiger partial charge in [-0.15, -0.1) is 0 Å². The molecule has 2 N–H and O–H groups in total. The van der Waals surface area contributed by atoms with Crippen molar-refractivity contribution in [3.05, 3.63) is 94.2 Å². The normalized spacial score (nSPS) is 19.9. The van der Waals surface area contributed by atoms with Crippen LogP contribution in [0.5, 0.6) is 0 Å². The predicted molar refractivity (Wildman–Crippen MR) is 115 cm³/mol. The van der Waals surface area contributed by atoms with Crippen molar-refractivity contribution in [3.8, 4) is 0 Å². The molecule has 1 amide bonds. The number of rotatable bonds is 1. The first kappa shape index (κ1) is 17.5. The average molecular weight is 453 g/mol. The van der Waals surface area contributed by atoms with Crippen molar-refractivity contribution in [3.63, 3.8) is 0 Å². The van der Waals surface area contributed by atoms with Gasteiger partial charge in [-0.25, -0.2) is 4.39 Å². The lowest BCUT2D eigenvalue weighted by Gasteiger charge is -2.22. The second-order valence-corrected chi connectivity index (χ2v) is 8.87. The Bertz CT molecular complexity index is 1160. The summed E-state index contributed by atoms with van der Waals surface area (Å²) in [5, 5.41) is 6.40. The van der Waals surface area contributed by atoms with Gasteiger partial charge in [-0.3, -0.25) is 4.79 Å². The molecule has 0 radical (unpaired) electrons. The third-order valence-corrected chi connectivity index (χ3v) is 6.78. The first-order valence-electron chi connectivity index (χ1n) is 8.70. The van der Waals surface area contributed by atoms with Gasteiger partial charge < -0.3 is 10.6 Å². The highest BCUT2D eigenvalue weighted by molar-refractivity contribution is 9.10. The van der Waals surface area contributed by atoms with Gasteiger partial charge in [-0.1, -0.05) is 58.0 Å². The average Bonchev–Trinajstić information content (AvgIpc) is 2.84. The van der Waals surface area contributed by atoms with Crippen LogP contribution in [0, 0.1) is 5.82 Å². The van der Waals surface area contributed by atoms with E-state index in [0.717, 1.165) is 26.3 Å². The zero-order valence-corrected chi connectivity index (χ0v) is 16.9. The van der Waals surface area contributed by atoms with Crippen LogP contribution >= 0.6 is 27.7 Å². The van der Waals surface area contributed by atoms with Crippen molar-refractivity contribution < 1.29 is 9.18 Å². The molecule has 3 nitrogen and oxygen atoms in total. The molecule has 138 valence electrons. The topological polar surface area (TPSA) is 41.1 Å². The number of carbonyl (C=O) groups is 1. The Morgan fingerprint density at radius 2 is 1.79 bits per heavy atom. The van der Waals surface area contributed by atoms with Crippen molar-refractivity contribution in [2.45, 2.75) is 9.64 Å². The summed E-state index contributed by atoms with van der Waals surface area (Å²) in [5.74, 6) is -0.430. The summed E-state index contributed by atoms with van der Waals surface area (Å²) in [6, 6.07) is 20.0. The van der Waals surface area contributed by atoms with Crippen molar-refractivity contribution >= 4 is 50.7 Å². The largest absolute Gasteiger partial charge is 0.354 e. The van der Waals surface area contributed by atoms with Crippen LogP contribution in [-0.4, -0.2) is 5.91 Å². The number of hydrogen-bond donors (Lipinski definition) is 2. The number of amides is 1. The van der Waals surface area contributed by atoms with Gasteiger partial charge in [0.1, 0.15) is 10.6 Å². The molecule has 2 aliphatic heterocycles. The number of carbonyl (C=O) groups excluding carboxylic acids is 1. The summed E-state index contributed by atoms with van der Waals surface area (Å²) in [6.07, 6.45) is 1.90. The molecule has 2 aliphatic rings. The van der Waals surface area contributed by atoms with E-state index in [1.54, 1.807) is 6.07 Å². The summed E-state index contributed by atoms with van der Waals surface area (Å²) in [4.78, 5) is 14.1. The van der Waals surface area contributed by atoms with E-state index in [1.807, 2.05) is 54.6 Å². The monoisotopic (exact) mass is 452 g/mol. The van der Waals surface area contributed by atoms with Gasteiger partial charge in [0.25, 0.3) is 0 Å². The number of anilines is 2. The summed E-state index contributed by atoms with van der Waals surface area (Å²) < 4.78 is 13.9. The lowest BCUT2D eigenvalue weighted by atomic mass is 9.96. The number of halogens is 2. The molecule has 2 heterocycles. The quantitative estimate of drug-likeness (QED) is 0.475. The molecule has 1 atom stereocenters. The Morgan fingerprint density at radius 3 is 2.64 bits per heavy atom. The van der Waals surface area contributed by atoms with Crippen molar-refractivity contribution in [1.29, 1.82) is 0 Å². The molecule has 5 rings (SSSR count). The second kappa shape index (κ2) is 6.50. The zero-order valence-electron chi connectivity index (χ0n) is 14.5. The van der Waals surface area contributed by atoms with Gasteiger partial charge in [0.05, 0.1) is 5.69 Å². The molecule has 0 bridgehead atoms. The molecule has 0 saturated carbocycles. The number of hydrogen-bond acceptors (Lipinski definition) is 3. The van der Waals surface area contributed by atoms with Crippen LogP contribution in [0.1, 0.15) is 11.1 Å². The second-order valence-electron chi connectivity index (χ2n) is 6.67. The molecule has 6 heteroatoms. The van der Waals surface area contributed by atoms with E-state index in [-0.39, 0.29) is 11.7 Å². The Balaban J connectivity index is 1.78. The van der Waals surface area contributed by atoms with Crippen molar-refractivity contribution in [2.24, 2.45) is 0 Å². The zero-order chi connectivity index (χ0) is 19.3. The third kappa shape index (κ3) is 2.75. The lowest BCUT2D eigenvalue weighted by molar-refractivity contribution is -0.116. The molecule has 0 aromatic heterocycles. The molecule has 3 aromatic carbocycles. The summed E-state index contributed by atoms with van der Waals surface area (Å²) in [6.45, 7) is 0. The summed E-state index contributed by atoms with van der Waals surface area (Å²) in [7, 11) is 0. The Labute approximate surface area is 174 Å². The van der Waals surface area contributed by atoms with E-state index >= 15 is 0 Å². The van der Waals surface area contributed by atoms with Gasteiger partial charge >= 0.3 is 0 Å². The van der Waals surface area contributed by atoms with E-state index in [9.17, 15) is 9.18 Å². The first-order valence-corrected chi connectivity index (χ1v) is 10.3. The van der Waals surface area contributed by atoms with Crippen LogP contribution in [0.25, 0.3) is 5.70 Å². The minimum Gasteiger partial charge on any atom is -0.354 e. The summed E-state index contributed by atoms with van der Waals surface area (Å²) in [5.41, 5.74) is 3.95. The van der Waals surface area contributed by atoms with Gasteiger partial charge in [0.15, 0.2) is 0 Å². The predicted octanol–water partition coefficient (Wildman–Crippen LogP) is 5.99. The number of benzene rings is 3. The molecule has 28 heavy (non-hydrogen) atoms. The fourth-order valence-corrected chi connectivity index (χ4v) is 5.46. The van der Waals surface area contributed by atoms with E-state index in [2.05, 4.69) is 26.6 Å². The number of thioether (sulfide) groups is 1. The first-order chi connectivity index (χ1) is 13.5. The van der Waals surface area contributed by atoms with E-state index < -0.39 is 4.75 Å². The maximum absolute atomic E-state index is 13.9. The maximum Gasteiger partial charge on any atom is 0.249 e. The minimum atomic E-state index is -0.947. The number of fused-ring (bicyclic) bond motifs is 3. The molecular formula is C22H14BrFN2OS.